The maximum absolute atomic E-state index is 11.8. The number of ether oxygens (including phenoxy) is 1. The van der Waals surface area contributed by atoms with Crippen LogP contribution in [0.3, 0.4) is 0 Å². The summed E-state index contributed by atoms with van der Waals surface area (Å²) < 4.78 is 4.66. The van der Waals surface area contributed by atoms with Gasteiger partial charge >= 0.3 is 5.97 Å². The number of carbonyl (C=O) groups excluding carboxylic acids is 2. The average Bonchev–Trinajstić information content (AvgIpc) is 2.77. The Morgan fingerprint density at radius 3 is 1.83 bits per heavy atom. The van der Waals surface area contributed by atoms with E-state index in [0.717, 1.165) is 18.4 Å². The number of benzene rings is 1. The SMILES string of the molecule is CCCCCCCCCCCCCCCC(=O)N/N=C/c1ccc(C(=O)OC)cc1. The summed E-state index contributed by atoms with van der Waals surface area (Å²) in [5.41, 5.74) is 3.86. The molecule has 0 aliphatic carbocycles. The monoisotopic (exact) mass is 416 g/mol. The van der Waals surface area contributed by atoms with Gasteiger partial charge in [-0.25, -0.2) is 10.2 Å². The number of hydrogen-bond acceptors (Lipinski definition) is 4. The zero-order chi connectivity index (χ0) is 21.9. The van der Waals surface area contributed by atoms with Crippen LogP contribution < -0.4 is 5.43 Å². The molecule has 0 saturated carbocycles. The maximum atomic E-state index is 11.8. The number of amides is 1. The molecular weight excluding hydrogens is 376 g/mol. The topological polar surface area (TPSA) is 67.8 Å². The van der Waals surface area contributed by atoms with Crippen LogP contribution in [0, 0.1) is 0 Å². The molecule has 30 heavy (non-hydrogen) atoms. The fraction of sp³-hybridized carbons (Fsp3) is 0.640. The minimum atomic E-state index is -0.371. The van der Waals surface area contributed by atoms with Crippen LogP contribution in [0.4, 0.5) is 0 Å². The lowest BCUT2D eigenvalue weighted by Gasteiger charge is -2.03. The standard InChI is InChI=1S/C25H40N2O3/c1-3-4-5-6-7-8-9-10-11-12-13-14-15-16-24(28)27-26-21-22-17-19-23(20-18-22)25(29)30-2/h17-21H,3-16H2,1-2H3,(H,27,28)/b26-21+. The first-order valence-corrected chi connectivity index (χ1v) is 11.7. The van der Waals surface area contributed by atoms with Crippen molar-refractivity contribution in [3.05, 3.63) is 35.4 Å². The number of esters is 1. The summed E-state index contributed by atoms with van der Waals surface area (Å²) >= 11 is 0. The fourth-order valence-corrected chi connectivity index (χ4v) is 3.36. The molecule has 0 spiro atoms. The minimum Gasteiger partial charge on any atom is -0.465 e. The van der Waals surface area contributed by atoms with Crippen LogP contribution in [0.15, 0.2) is 29.4 Å². The fourth-order valence-electron chi connectivity index (χ4n) is 3.36. The van der Waals surface area contributed by atoms with Crippen LogP contribution in [0.25, 0.3) is 0 Å². The first kappa shape index (κ1) is 25.9. The second kappa shape index (κ2) is 17.7. The van der Waals surface area contributed by atoms with Crippen molar-refractivity contribution in [1.29, 1.82) is 0 Å². The first-order valence-electron chi connectivity index (χ1n) is 11.7. The van der Waals surface area contributed by atoms with Crippen LogP contribution in [0.5, 0.6) is 0 Å². The quantitative estimate of drug-likeness (QED) is 0.138. The summed E-state index contributed by atoms with van der Waals surface area (Å²) in [6.45, 7) is 2.26. The zero-order valence-electron chi connectivity index (χ0n) is 19.0. The van der Waals surface area contributed by atoms with Gasteiger partial charge in [0.25, 0.3) is 0 Å². The normalized spacial score (nSPS) is 11.0. The zero-order valence-corrected chi connectivity index (χ0v) is 19.0. The Kier molecular flexibility index (Phi) is 15.2. The summed E-state index contributed by atoms with van der Waals surface area (Å²) in [6.07, 6.45) is 18.9. The smallest absolute Gasteiger partial charge is 0.337 e. The Morgan fingerprint density at radius 2 is 1.33 bits per heavy atom. The molecule has 5 nitrogen and oxygen atoms in total. The van der Waals surface area contributed by atoms with Gasteiger partial charge in [-0.15, -0.1) is 0 Å². The summed E-state index contributed by atoms with van der Waals surface area (Å²) in [7, 11) is 1.35. The van der Waals surface area contributed by atoms with Gasteiger partial charge in [0.1, 0.15) is 0 Å². The van der Waals surface area contributed by atoms with Crippen molar-refractivity contribution in [1.82, 2.24) is 5.43 Å². The third-order valence-corrected chi connectivity index (χ3v) is 5.24. The Labute approximate surface area is 182 Å². The molecule has 0 unspecified atom stereocenters. The number of hydrazone groups is 1. The van der Waals surface area contributed by atoms with Crippen molar-refractivity contribution in [3.8, 4) is 0 Å². The lowest BCUT2D eigenvalue weighted by atomic mass is 10.0. The van der Waals surface area contributed by atoms with E-state index in [1.165, 1.54) is 77.7 Å². The van der Waals surface area contributed by atoms with Gasteiger partial charge in [0.05, 0.1) is 18.9 Å². The summed E-state index contributed by atoms with van der Waals surface area (Å²) in [4.78, 5) is 23.2. The third-order valence-electron chi connectivity index (χ3n) is 5.24. The van der Waals surface area contributed by atoms with Crippen LogP contribution in [-0.2, 0) is 9.53 Å². The molecule has 1 aromatic carbocycles. The molecule has 1 amide bonds. The van der Waals surface area contributed by atoms with Crippen molar-refractivity contribution < 1.29 is 14.3 Å². The molecule has 5 heteroatoms. The van der Waals surface area contributed by atoms with E-state index in [-0.39, 0.29) is 11.9 Å². The number of nitrogens with one attached hydrogen (secondary N) is 1. The van der Waals surface area contributed by atoms with Gasteiger partial charge in [0, 0.05) is 6.42 Å². The molecule has 0 radical (unpaired) electrons. The van der Waals surface area contributed by atoms with Crippen LogP contribution in [0.1, 0.15) is 113 Å². The molecule has 0 aliphatic heterocycles. The second-order valence-corrected chi connectivity index (χ2v) is 7.90. The van der Waals surface area contributed by atoms with E-state index in [1.807, 2.05) is 0 Å². The maximum Gasteiger partial charge on any atom is 0.337 e. The molecule has 0 saturated heterocycles. The molecule has 1 aromatic rings. The largest absolute Gasteiger partial charge is 0.465 e. The lowest BCUT2D eigenvalue weighted by Crippen LogP contribution is -2.16. The molecule has 1 N–H and O–H groups in total. The second-order valence-electron chi connectivity index (χ2n) is 7.90. The number of methoxy groups -OCH3 is 1. The highest BCUT2D eigenvalue weighted by molar-refractivity contribution is 5.90. The van der Waals surface area contributed by atoms with Crippen LogP contribution in [0.2, 0.25) is 0 Å². The van der Waals surface area contributed by atoms with E-state index in [0.29, 0.717) is 12.0 Å². The first-order chi connectivity index (χ1) is 14.7. The summed E-state index contributed by atoms with van der Waals surface area (Å²) in [5.74, 6) is -0.426. The lowest BCUT2D eigenvalue weighted by molar-refractivity contribution is -0.121. The van der Waals surface area contributed by atoms with Gasteiger partial charge in [0.2, 0.25) is 5.91 Å². The van der Waals surface area contributed by atoms with Crippen molar-refractivity contribution in [2.45, 2.75) is 96.8 Å². The van der Waals surface area contributed by atoms with E-state index in [9.17, 15) is 9.59 Å². The molecule has 0 aromatic heterocycles. The van der Waals surface area contributed by atoms with Crippen LogP contribution in [-0.4, -0.2) is 25.2 Å². The Balaban J connectivity index is 1.97. The number of unbranched alkanes of at least 4 members (excludes halogenated alkanes) is 12. The van der Waals surface area contributed by atoms with Gasteiger partial charge in [-0.1, -0.05) is 96.1 Å². The number of hydrogen-bond donors (Lipinski definition) is 1. The van der Waals surface area contributed by atoms with Crippen molar-refractivity contribution in [2.24, 2.45) is 5.10 Å². The molecule has 0 aliphatic rings. The van der Waals surface area contributed by atoms with Gasteiger partial charge in [-0.2, -0.15) is 5.10 Å². The third kappa shape index (κ3) is 13.1. The van der Waals surface area contributed by atoms with Gasteiger partial charge in [-0.05, 0) is 24.1 Å². The highest BCUT2D eigenvalue weighted by Crippen LogP contribution is 2.13. The number of rotatable bonds is 17. The van der Waals surface area contributed by atoms with E-state index in [2.05, 4.69) is 22.2 Å². The highest BCUT2D eigenvalue weighted by Gasteiger charge is 2.03. The molecule has 168 valence electrons. The summed E-state index contributed by atoms with van der Waals surface area (Å²) in [6, 6.07) is 6.86. The molecule has 0 bridgehead atoms. The average molecular weight is 417 g/mol. The van der Waals surface area contributed by atoms with Gasteiger partial charge in [0.15, 0.2) is 0 Å². The number of carbonyl (C=O) groups is 2. The molecule has 0 heterocycles. The summed E-state index contributed by atoms with van der Waals surface area (Å²) in [5, 5.41) is 3.98. The van der Waals surface area contributed by atoms with Crippen molar-refractivity contribution >= 4 is 18.1 Å². The molecule has 0 fully saturated rings. The van der Waals surface area contributed by atoms with Gasteiger partial charge in [-0.3, -0.25) is 4.79 Å². The molecule has 1 rings (SSSR count). The van der Waals surface area contributed by atoms with Crippen LogP contribution >= 0.6 is 0 Å². The predicted octanol–water partition coefficient (Wildman–Crippen LogP) is 6.40. The Hall–Kier alpha value is -2.17. The van der Waals surface area contributed by atoms with E-state index in [1.54, 1.807) is 30.5 Å². The number of nitrogens with zero attached hydrogens (tertiary/aromatic N) is 1. The van der Waals surface area contributed by atoms with Crippen molar-refractivity contribution in [3.63, 3.8) is 0 Å². The van der Waals surface area contributed by atoms with E-state index < -0.39 is 0 Å². The molecular formula is C25H40N2O3. The molecule has 0 atom stereocenters. The minimum absolute atomic E-state index is 0.0551. The van der Waals surface area contributed by atoms with Gasteiger partial charge < -0.3 is 4.74 Å². The Bertz CT molecular complexity index is 611. The van der Waals surface area contributed by atoms with E-state index >= 15 is 0 Å². The Morgan fingerprint density at radius 1 is 0.833 bits per heavy atom. The van der Waals surface area contributed by atoms with E-state index in [4.69, 9.17) is 0 Å². The highest BCUT2D eigenvalue weighted by atomic mass is 16.5. The van der Waals surface area contributed by atoms with Crippen molar-refractivity contribution in [2.75, 3.05) is 7.11 Å². The predicted molar refractivity (Wildman–Crippen MR) is 124 cm³/mol.